The van der Waals surface area contributed by atoms with Crippen molar-refractivity contribution in [2.75, 3.05) is 0 Å². The third-order valence-corrected chi connectivity index (χ3v) is 2.48. The van der Waals surface area contributed by atoms with E-state index in [0.717, 1.165) is 25.3 Å². The number of halogens is 2. The molecule has 2 nitrogen and oxygen atoms in total. The van der Waals surface area contributed by atoms with E-state index in [0.29, 0.717) is 12.8 Å². The van der Waals surface area contributed by atoms with Crippen LogP contribution in [0.4, 0.5) is 8.78 Å². The minimum absolute atomic E-state index is 0.428. The molecule has 0 aromatic heterocycles. The van der Waals surface area contributed by atoms with Crippen LogP contribution < -0.4 is 0 Å². The van der Waals surface area contributed by atoms with E-state index in [-0.39, 0.29) is 0 Å². The Balaban J connectivity index is 2.53. The van der Waals surface area contributed by atoms with E-state index in [1.807, 2.05) is 0 Å². The summed E-state index contributed by atoms with van der Waals surface area (Å²) in [5.74, 6) is -1.87. The highest BCUT2D eigenvalue weighted by atomic mass is 19.3. The Hall–Kier alpha value is -0.930. The van der Waals surface area contributed by atoms with E-state index < -0.39 is 18.0 Å². The average Bonchev–Trinajstić information content (AvgIpc) is 2.18. The van der Waals surface area contributed by atoms with Gasteiger partial charge in [0, 0.05) is 6.08 Å². The largest absolute Gasteiger partial charge is 0.402 e. The van der Waals surface area contributed by atoms with Crippen LogP contribution in [0.5, 0.6) is 0 Å². The topological polar surface area (TPSA) is 26.3 Å². The zero-order chi connectivity index (χ0) is 10.6. The molecule has 0 unspecified atom stereocenters. The molecular formula is C10H14F2O2. The van der Waals surface area contributed by atoms with Gasteiger partial charge in [-0.3, -0.25) is 0 Å². The Kier molecular flexibility index (Phi) is 3.61. The van der Waals surface area contributed by atoms with Crippen LogP contribution in [-0.4, -0.2) is 12.1 Å². The van der Waals surface area contributed by atoms with Crippen LogP contribution in [0, 0.1) is 5.92 Å². The van der Waals surface area contributed by atoms with Crippen molar-refractivity contribution in [3.05, 3.63) is 12.7 Å². The smallest absolute Gasteiger partial charge is 0.397 e. The first-order valence-corrected chi connectivity index (χ1v) is 4.79. The lowest BCUT2D eigenvalue weighted by atomic mass is 9.88. The fourth-order valence-electron chi connectivity index (χ4n) is 1.70. The number of hydrogen-bond acceptors (Lipinski definition) is 2. The molecule has 1 fully saturated rings. The van der Waals surface area contributed by atoms with Gasteiger partial charge in [0.1, 0.15) is 0 Å². The normalized spacial score (nSPS) is 19.0. The van der Waals surface area contributed by atoms with Gasteiger partial charge in [-0.05, 0) is 12.8 Å². The molecule has 80 valence electrons. The molecule has 0 aromatic carbocycles. The summed E-state index contributed by atoms with van der Waals surface area (Å²) in [7, 11) is 0. The maximum atomic E-state index is 13.3. The molecule has 4 heteroatoms. The van der Waals surface area contributed by atoms with Crippen molar-refractivity contribution in [2.45, 2.75) is 38.2 Å². The molecule has 0 spiro atoms. The van der Waals surface area contributed by atoms with Crippen molar-refractivity contribution >= 4 is 5.97 Å². The second-order valence-electron chi connectivity index (χ2n) is 3.52. The summed E-state index contributed by atoms with van der Waals surface area (Å²) in [6.07, 6.45) is 0.844. The van der Waals surface area contributed by atoms with Gasteiger partial charge in [-0.25, -0.2) is 4.79 Å². The maximum absolute atomic E-state index is 13.3. The van der Waals surface area contributed by atoms with E-state index in [1.165, 1.54) is 0 Å². The first-order valence-electron chi connectivity index (χ1n) is 4.79. The van der Waals surface area contributed by atoms with Gasteiger partial charge >= 0.3 is 12.1 Å². The lowest BCUT2D eigenvalue weighted by Gasteiger charge is -2.28. The minimum atomic E-state index is -3.33. The highest BCUT2D eigenvalue weighted by Gasteiger charge is 2.43. The van der Waals surface area contributed by atoms with Gasteiger partial charge in [0.2, 0.25) is 0 Å². The standard InChI is InChI=1S/C10H14F2O2/c1-2-9(13)14-10(11,12)8-6-4-3-5-7-8/h2,8H,1,3-7H2. The molecule has 1 aliphatic rings. The van der Waals surface area contributed by atoms with Gasteiger partial charge in [-0.2, -0.15) is 8.78 Å². The summed E-state index contributed by atoms with van der Waals surface area (Å²) < 4.78 is 30.5. The maximum Gasteiger partial charge on any atom is 0.402 e. The second kappa shape index (κ2) is 4.53. The number of esters is 1. The van der Waals surface area contributed by atoms with Crippen LogP contribution in [0.1, 0.15) is 32.1 Å². The molecule has 0 bridgehead atoms. The first-order chi connectivity index (χ1) is 6.56. The van der Waals surface area contributed by atoms with E-state index in [9.17, 15) is 13.6 Å². The molecule has 1 rings (SSSR count). The van der Waals surface area contributed by atoms with E-state index >= 15 is 0 Å². The van der Waals surface area contributed by atoms with Crippen molar-refractivity contribution in [3.63, 3.8) is 0 Å². The van der Waals surface area contributed by atoms with Crippen LogP contribution in [0.3, 0.4) is 0 Å². The van der Waals surface area contributed by atoms with E-state index in [4.69, 9.17) is 0 Å². The molecule has 0 aliphatic heterocycles. The lowest BCUT2D eigenvalue weighted by molar-refractivity contribution is -0.259. The molecule has 1 aliphatic carbocycles. The molecule has 0 radical (unpaired) electrons. The Labute approximate surface area is 81.9 Å². The quantitative estimate of drug-likeness (QED) is 0.522. The van der Waals surface area contributed by atoms with Crippen molar-refractivity contribution in [2.24, 2.45) is 5.92 Å². The fraction of sp³-hybridized carbons (Fsp3) is 0.700. The molecular weight excluding hydrogens is 190 g/mol. The van der Waals surface area contributed by atoms with Gasteiger partial charge in [0.05, 0.1) is 5.92 Å². The Morgan fingerprint density at radius 3 is 2.43 bits per heavy atom. The van der Waals surface area contributed by atoms with Crippen LogP contribution in [0.25, 0.3) is 0 Å². The third kappa shape index (κ3) is 2.79. The zero-order valence-corrected chi connectivity index (χ0v) is 7.97. The van der Waals surface area contributed by atoms with Crippen LogP contribution >= 0.6 is 0 Å². The predicted molar refractivity (Wildman–Crippen MR) is 47.8 cm³/mol. The van der Waals surface area contributed by atoms with Gasteiger partial charge < -0.3 is 4.74 Å². The van der Waals surface area contributed by atoms with Crippen molar-refractivity contribution < 1.29 is 18.3 Å². The molecule has 0 aromatic rings. The molecule has 14 heavy (non-hydrogen) atoms. The Morgan fingerprint density at radius 1 is 1.36 bits per heavy atom. The molecule has 0 saturated heterocycles. The Morgan fingerprint density at radius 2 is 1.93 bits per heavy atom. The van der Waals surface area contributed by atoms with Gasteiger partial charge in [0.15, 0.2) is 0 Å². The SMILES string of the molecule is C=CC(=O)OC(F)(F)C1CCCCC1. The summed E-state index contributed by atoms with van der Waals surface area (Å²) in [6.45, 7) is 3.08. The third-order valence-electron chi connectivity index (χ3n) is 2.48. The number of alkyl halides is 2. The highest BCUT2D eigenvalue weighted by Crippen LogP contribution is 2.37. The molecule has 0 atom stereocenters. The van der Waals surface area contributed by atoms with Gasteiger partial charge in [0.25, 0.3) is 0 Å². The summed E-state index contributed by atoms with van der Waals surface area (Å²) in [5, 5.41) is 0. The summed E-state index contributed by atoms with van der Waals surface area (Å²) in [4.78, 5) is 10.6. The van der Waals surface area contributed by atoms with Gasteiger partial charge in [-0.1, -0.05) is 25.8 Å². The number of carbonyl (C=O) groups is 1. The summed E-state index contributed by atoms with van der Waals surface area (Å²) in [5.41, 5.74) is 0. The molecule has 1 saturated carbocycles. The monoisotopic (exact) mass is 204 g/mol. The van der Waals surface area contributed by atoms with Crippen LogP contribution in [0.15, 0.2) is 12.7 Å². The summed E-state index contributed by atoms with van der Waals surface area (Å²) >= 11 is 0. The molecule has 0 heterocycles. The first kappa shape index (κ1) is 11.1. The van der Waals surface area contributed by atoms with Crippen molar-refractivity contribution in [1.82, 2.24) is 0 Å². The van der Waals surface area contributed by atoms with Crippen LogP contribution in [0.2, 0.25) is 0 Å². The van der Waals surface area contributed by atoms with Crippen LogP contribution in [-0.2, 0) is 9.53 Å². The molecule has 0 amide bonds. The average molecular weight is 204 g/mol. The summed E-state index contributed by atoms with van der Waals surface area (Å²) in [6, 6.07) is 0. The van der Waals surface area contributed by atoms with E-state index in [2.05, 4.69) is 11.3 Å². The predicted octanol–water partition coefficient (Wildman–Crippen LogP) is 2.89. The second-order valence-corrected chi connectivity index (χ2v) is 3.52. The Bertz CT molecular complexity index is 220. The lowest BCUT2D eigenvalue weighted by Crippen LogP contribution is -2.34. The number of hydrogen-bond donors (Lipinski definition) is 0. The van der Waals surface area contributed by atoms with E-state index in [1.54, 1.807) is 0 Å². The highest BCUT2D eigenvalue weighted by molar-refractivity contribution is 5.81. The van der Waals surface area contributed by atoms with Crippen molar-refractivity contribution in [1.29, 1.82) is 0 Å². The zero-order valence-electron chi connectivity index (χ0n) is 7.97. The number of carbonyl (C=O) groups excluding carboxylic acids is 1. The van der Waals surface area contributed by atoms with Crippen molar-refractivity contribution in [3.8, 4) is 0 Å². The number of ether oxygens (including phenoxy) is 1. The molecule has 0 N–H and O–H groups in total. The fourth-order valence-corrected chi connectivity index (χ4v) is 1.70. The number of rotatable bonds is 3. The minimum Gasteiger partial charge on any atom is -0.397 e. The van der Waals surface area contributed by atoms with Gasteiger partial charge in [-0.15, -0.1) is 0 Å².